The SMILES string of the molecule is COc1ccccc1/C=C/C(=O)Nc1ccc(S(=O)(=O)N(C)C(C)C)cc1. The van der Waals surface area contributed by atoms with Crippen LogP contribution >= 0.6 is 0 Å². The van der Waals surface area contributed by atoms with E-state index >= 15 is 0 Å². The van der Waals surface area contributed by atoms with Gasteiger partial charge in [0.15, 0.2) is 0 Å². The molecular weight excluding hydrogens is 364 g/mol. The second-order valence-corrected chi connectivity index (χ2v) is 8.20. The van der Waals surface area contributed by atoms with E-state index < -0.39 is 10.0 Å². The molecule has 144 valence electrons. The first-order valence-corrected chi connectivity index (χ1v) is 9.90. The first-order valence-electron chi connectivity index (χ1n) is 8.46. The van der Waals surface area contributed by atoms with Crippen LogP contribution in [0.25, 0.3) is 6.08 Å². The Morgan fingerprint density at radius 2 is 1.74 bits per heavy atom. The molecule has 0 aliphatic heterocycles. The van der Waals surface area contributed by atoms with Gasteiger partial charge in [-0.15, -0.1) is 0 Å². The van der Waals surface area contributed by atoms with Crippen LogP contribution in [0.15, 0.2) is 59.5 Å². The third kappa shape index (κ3) is 5.18. The van der Waals surface area contributed by atoms with Gasteiger partial charge in [0.25, 0.3) is 0 Å². The number of nitrogens with one attached hydrogen (secondary N) is 1. The molecule has 0 heterocycles. The first-order chi connectivity index (χ1) is 12.8. The van der Waals surface area contributed by atoms with Gasteiger partial charge in [-0.1, -0.05) is 18.2 Å². The largest absolute Gasteiger partial charge is 0.496 e. The van der Waals surface area contributed by atoms with Crippen molar-refractivity contribution in [2.24, 2.45) is 0 Å². The lowest BCUT2D eigenvalue weighted by molar-refractivity contribution is -0.111. The van der Waals surface area contributed by atoms with E-state index in [9.17, 15) is 13.2 Å². The molecule has 0 radical (unpaired) electrons. The van der Waals surface area contributed by atoms with Crippen molar-refractivity contribution in [1.82, 2.24) is 4.31 Å². The number of hydrogen-bond donors (Lipinski definition) is 1. The summed E-state index contributed by atoms with van der Waals surface area (Å²) >= 11 is 0. The Balaban J connectivity index is 2.08. The van der Waals surface area contributed by atoms with Crippen LogP contribution < -0.4 is 10.1 Å². The van der Waals surface area contributed by atoms with Gasteiger partial charge in [0.1, 0.15) is 5.75 Å². The first kappa shape index (κ1) is 20.7. The van der Waals surface area contributed by atoms with Gasteiger partial charge in [-0.2, -0.15) is 4.31 Å². The van der Waals surface area contributed by atoms with Crippen LogP contribution in [0.5, 0.6) is 5.75 Å². The van der Waals surface area contributed by atoms with Crippen LogP contribution in [-0.4, -0.2) is 38.8 Å². The van der Waals surface area contributed by atoms with Crippen LogP contribution in [0.3, 0.4) is 0 Å². The minimum absolute atomic E-state index is 0.144. The molecule has 0 aliphatic carbocycles. The molecule has 2 rings (SSSR count). The van der Waals surface area contributed by atoms with E-state index in [1.807, 2.05) is 24.3 Å². The smallest absolute Gasteiger partial charge is 0.248 e. The van der Waals surface area contributed by atoms with Crippen LogP contribution in [0.2, 0.25) is 0 Å². The Hall–Kier alpha value is -2.64. The summed E-state index contributed by atoms with van der Waals surface area (Å²) in [4.78, 5) is 12.3. The molecule has 0 saturated carbocycles. The van der Waals surface area contributed by atoms with Gasteiger partial charge in [-0.05, 0) is 50.3 Å². The lowest BCUT2D eigenvalue weighted by Crippen LogP contribution is -2.33. The van der Waals surface area contributed by atoms with Crippen LogP contribution in [0, 0.1) is 0 Å². The highest BCUT2D eigenvalue weighted by Crippen LogP contribution is 2.20. The second kappa shape index (κ2) is 8.83. The Bertz CT molecular complexity index is 919. The number of rotatable bonds is 7. The zero-order chi connectivity index (χ0) is 20.0. The van der Waals surface area contributed by atoms with E-state index in [4.69, 9.17) is 4.74 Å². The van der Waals surface area contributed by atoms with E-state index in [0.29, 0.717) is 11.4 Å². The molecule has 0 unspecified atom stereocenters. The average molecular weight is 388 g/mol. The highest BCUT2D eigenvalue weighted by Gasteiger charge is 2.22. The maximum absolute atomic E-state index is 12.4. The fraction of sp³-hybridized carbons (Fsp3) is 0.250. The number of anilines is 1. The van der Waals surface area contributed by atoms with Gasteiger partial charge >= 0.3 is 0 Å². The van der Waals surface area contributed by atoms with E-state index in [1.165, 1.54) is 22.5 Å². The number of hydrogen-bond acceptors (Lipinski definition) is 4. The van der Waals surface area contributed by atoms with Crippen molar-refractivity contribution in [3.8, 4) is 5.75 Å². The summed E-state index contributed by atoms with van der Waals surface area (Å²) in [6.07, 6.45) is 3.06. The van der Waals surface area contributed by atoms with Gasteiger partial charge in [-0.25, -0.2) is 8.42 Å². The summed E-state index contributed by atoms with van der Waals surface area (Å²) in [5.41, 5.74) is 1.30. The number of nitrogens with zero attached hydrogens (tertiary/aromatic N) is 1. The fourth-order valence-electron chi connectivity index (χ4n) is 2.31. The van der Waals surface area contributed by atoms with E-state index in [-0.39, 0.29) is 16.8 Å². The maximum atomic E-state index is 12.4. The number of benzene rings is 2. The predicted molar refractivity (Wildman–Crippen MR) is 107 cm³/mol. The lowest BCUT2D eigenvalue weighted by atomic mass is 10.2. The molecule has 2 aromatic carbocycles. The van der Waals surface area contributed by atoms with Gasteiger partial charge in [0.2, 0.25) is 15.9 Å². The lowest BCUT2D eigenvalue weighted by Gasteiger charge is -2.21. The summed E-state index contributed by atoms with van der Waals surface area (Å²) in [5, 5.41) is 2.71. The topological polar surface area (TPSA) is 75.7 Å². The molecule has 0 aromatic heterocycles. The van der Waals surface area contributed by atoms with Crippen molar-refractivity contribution < 1.29 is 17.9 Å². The second-order valence-electron chi connectivity index (χ2n) is 6.20. The summed E-state index contributed by atoms with van der Waals surface area (Å²) in [6, 6.07) is 13.3. The van der Waals surface area contributed by atoms with Crippen molar-refractivity contribution in [2.45, 2.75) is 24.8 Å². The fourth-order valence-corrected chi connectivity index (χ4v) is 3.68. The molecule has 0 aliphatic rings. The van der Waals surface area contributed by atoms with Crippen LogP contribution in [0.1, 0.15) is 19.4 Å². The Morgan fingerprint density at radius 3 is 2.33 bits per heavy atom. The monoisotopic (exact) mass is 388 g/mol. The van der Waals surface area contributed by atoms with Gasteiger partial charge in [0, 0.05) is 30.4 Å². The number of methoxy groups -OCH3 is 1. The third-order valence-corrected chi connectivity index (χ3v) is 6.13. The van der Waals surface area contributed by atoms with Gasteiger partial charge < -0.3 is 10.1 Å². The molecule has 0 saturated heterocycles. The summed E-state index contributed by atoms with van der Waals surface area (Å²) in [5.74, 6) is 0.348. The molecule has 1 N–H and O–H groups in total. The quantitative estimate of drug-likeness (QED) is 0.738. The number of carbonyl (C=O) groups is 1. The Labute approximate surface area is 160 Å². The summed E-state index contributed by atoms with van der Waals surface area (Å²) in [6.45, 7) is 3.61. The zero-order valence-electron chi connectivity index (χ0n) is 15.8. The zero-order valence-corrected chi connectivity index (χ0v) is 16.7. The molecule has 6 nitrogen and oxygen atoms in total. The van der Waals surface area contributed by atoms with Crippen molar-refractivity contribution in [1.29, 1.82) is 0 Å². The standard InChI is InChI=1S/C20H24N2O4S/c1-15(2)22(3)27(24,25)18-12-10-17(11-13-18)21-20(23)14-9-16-7-5-6-8-19(16)26-4/h5-15H,1-4H3,(H,21,23)/b14-9+. The Kier molecular flexibility index (Phi) is 6.76. The molecule has 0 atom stereocenters. The number of carbonyl (C=O) groups excluding carboxylic acids is 1. The normalized spacial score (nSPS) is 11.9. The molecule has 2 aromatic rings. The minimum atomic E-state index is -3.54. The van der Waals surface area contributed by atoms with Crippen molar-refractivity contribution in [3.63, 3.8) is 0 Å². The molecule has 1 amide bonds. The molecule has 27 heavy (non-hydrogen) atoms. The number of amides is 1. The highest BCUT2D eigenvalue weighted by atomic mass is 32.2. The van der Waals surface area contributed by atoms with Crippen LogP contribution in [-0.2, 0) is 14.8 Å². The van der Waals surface area contributed by atoms with Gasteiger partial charge in [-0.3, -0.25) is 4.79 Å². The highest BCUT2D eigenvalue weighted by molar-refractivity contribution is 7.89. The minimum Gasteiger partial charge on any atom is -0.496 e. The van der Waals surface area contributed by atoms with E-state index in [0.717, 1.165) is 5.56 Å². The molecule has 0 bridgehead atoms. The molecule has 0 spiro atoms. The van der Waals surface area contributed by atoms with E-state index in [2.05, 4.69) is 5.32 Å². The number of para-hydroxylation sites is 1. The number of sulfonamides is 1. The average Bonchev–Trinajstić information content (AvgIpc) is 2.66. The summed E-state index contributed by atoms with van der Waals surface area (Å²) < 4.78 is 31.4. The molecular formula is C20H24N2O4S. The van der Waals surface area contributed by atoms with E-state index in [1.54, 1.807) is 46.2 Å². The maximum Gasteiger partial charge on any atom is 0.248 e. The Morgan fingerprint density at radius 1 is 1.11 bits per heavy atom. The molecule has 7 heteroatoms. The van der Waals surface area contributed by atoms with Crippen LogP contribution in [0.4, 0.5) is 5.69 Å². The number of ether oxygens (including phenoxy) is 1. The molecule has 0 fully saturated rings. The van der Waals surface area contributed by atoms with Crippen molar-refractivity contribution in [3.05, 3.63) is 60.2 Å². The van der Waals surface area contributed by atoms with Crippen molar-refractivity contribution in [2.75, 3.05) is 19.5 Å². The predicted octanol–water partition coefficient (Wildman–Crippen LogP) is 3.38. The summed E-state index contributed by atoms with van der Waals surface area (Å²) in [7, 11) is -0.436. The van der Waals surface area contributed by atoms with Gasteiger partial charge in [0.05, 0.1) is 12.0 Å². The van der Waals surface area contributed by atoms with Crippen molar-refractivity contribution >= 4 is 27.7 Å². The third-order valence-electron chi connectivity index (χ3n) is 4.08.